The topological polar surface area (TPSA) is 23.5 Å². The Hall–Kier alpha value is -1.40. The molecule has 0 aliphatic carbocycles. The molecule has 2 nitrogen and oxygen atoms in total. The third kappa shape index (κ3) is 3.69. The maximum absolute atomic E-state index is 10.0. The lowest BCUT2D eigenvalue weighted by atomic mass is 9.97. The zero-order chi connectivity index (χ0) is 12.1. The number of hydroxylamine groups is 2. The highest BCUT2D eigenvalue weighted by molar-refractivity contribution is 5.28. The molecule has 0 radical (unpaired) electrons. The molecule has 0 aliphatic rings. The summed E-state index contributed by atoms with van der Waals surface area (Å²) in [4.78, 5) is 0. The lowest BCUT2D eigenvalue weighted by molar-refractivity contribution is -0.187. The van der Waals surface area contributed by atoms with Crippen molar-refractivity contribution in [3.63, 3.8) is 0 Å². The van der Waals surface area contributed by atoms with Gasteiger partial charge in [-0.2, -0.15) is 5.06 Å². The molecule has 0 aromatic carbocycles. The largest absolute Gasteiger partial charge is 0.311 e. The fourth-order valence-corrected chi connectivity index (χ4v) is 1.30. The Morgan fingerprint density at radius 1 is 1.07 bits per heavy atom. The lowest BCUT2D eigenvalue weighted by Crippen LogP contribution is -2.52. The molecule has 0 rings (SSSR count). The zero-order valence-electron chi connectivity index (χ0n) is 9.97. The monoisotopic (exact) mass is 203 g/mol. The molecule has 0 heterocycles. The van der Waals surface area contributed by atoms with Crippen LogP contribution >= 0.6 is 0 Å². The summed E-state index contributed by atoms with van der Waals surface area (Å²) in [6, 6.07) is 0. The van der Waals surface area contributed by atoms with Gasteiger partial charge in [-0.25, -0.2) is 0 Å². The van der Waals surface area contributed by atoms with Crippen LogP contribution in [0.15, 0.2) is 0 Å². The van der Waals surface area contributed by atoms with Crippen LogP contribution in [-0.2, 0) is 0 Å². The van der Waals surface area contributed by atoms with Crippen LogP contribution in [-0.4, -0.2) is 21.3 Å². The van der Waals surface area contributed by atoms with E-state index in [9.17, 15) is 5.21 Å². The molecule has 0 bridgehead atoms. The van der Waals surface area contributed by atoms with Crippen molar-refractivity contribution in [1.29, 1.82) is 0 Å². The molecule has 2 heteroatoms. The van der Waals surface area contributed by atoms with Gasteiger partial charge in [0.1, 0.15) is 11.1 Å². The molecule has 0 spiro atoms. The van der Waals surface area contributed by atoms with Crippen molar-refractivity contribution in [3.8, 4) is 36.0 Å². The van der Waals surface area contributed by atoms with E-state index in [4.69, 9.17) is 6.42 Å². The smallest absolute Gasteiger partial charge is 0.103 e. The van der Waals surface area contributed by atoms with Crippen LogP contribution in [0.1, 0.15) is 34.6 Å². The molecule has 0 unspecified atom stereocenters. The van der Waals surface area contributed by atoms with Crippen molar-refractivity contribution in [2.24, 2.45) is 0 Å². The first-order valence-corrected chi connectivity index (χ1v) is 4.69. The molecule has 15 heavy (non-hydrogen) atoms. The van der Waals surface area contributed by atoms with Crippen LogP contribution in [0.4, 0.5) is 0 Å². The van der Waals surface area contributed by atoms with Gasteiger partial charge >= 0.3 is 0 Å². The summed E-state index contributed by atoms with van der Waals surface area (Å²) >= 11 is 0. The summed E-state index contributed by atoms with van der Waals surface area (Å²) in [6.07, 6.45) is 5.05. The summed E-state index contributed by atoms with van der Waals surface area (Å²) in [5, 5.41) is 11.1. The van der Waals surface area contributed by atoms with E-state index in [0.717, 1.165) is 5.06 Å². The van der Waals surface area contributed by atoms with Crippen molar-refractivity contribution >= 4 is 0 Å². The minimum Gasteiger partial charge on any atom is -0.311 e. The van der Waals surface area contributed by atoms with Crippen LogP contribution in [0.25, 0.3) is 0 Å². The van der Waals surface area contributed by atoms with Crippen molar-refractivity contribution in [1.82, 2.24) is 5.06 Å². The predicted molar refractivity (Wildman–Crippen MR) is 61.8 cm³/mol. The van der Waals surface area contributed by atoms with E-state index >= 15 is 0 Å². The third-order valence-corrected chi connectivity index (χ3v) is 1.93. The zero-order valence-corrected chi connectivity index (χ0v) is 9.97. The van der Waals surface area contributed by atoms with Gasteiger partial charge in [-0.15, -0.1) is 12.3 Å². The molecule has 0 fully saturated rings. The van der Waals surface area contributed by atoms with Gasteiger partial charge in [0.25, 0.3) is 0 Å². The third-order valence-electron chi connectivity index (χ3n) is 1.93. The molecule has 80 valence electrons. The van der Waals surface area contributed by atoms with Crippen LogP contribution in [0.5, 0.6) is 0 Å². The molecular weight excluding hydrogens is 186 g/mol. The van der Waals surface area contributed by atoms with E-state index in [0.29, 0.717) is 0 Å². The van der Waals surface area contributed by atoms with Gasteiger partial charge in [0.2, 0.25) is 0 Å². The quantitative estimate of drug-likeness (QED) is 0.547. The first-order valence-electron chi connectivity index (χ1n) is 4.69. The Labute approximate surface area is 92.6 Å². The van der Waals surface area contributed by atoms with E-state index in [2.05, 4.69) is 29.6 Å². The first kappa shape index (κ1) is 13.6. The highest BCUT2D eigenvalue weighted by atomic mass is 16.5. The molecule has 0 aromatic heterocycles. The van der Waals surface area contributed by atoms with Gasteiger partial charge in [0.15, 0.2) is 0 Å². The maximum Gasteiger partial charge on any atom is 0.103 e. The van der Waals surface area contributed by atoms with Crippen LogP contribution in [0, 0.1) is 36.0 Å². The van der Waals surface area contributed by atoms with E-state index in [1.807, 2.05) is 13.8 Å². The van der Waals surface area contributed by atoms with Gasteiger partial charge < -0.3 is 5.21 Å². The second kappa shape index (κ2) is 4.90. The number of nitrogens with zero attached hydrogens (tertiary/aromatic N) is 1. The van der Waals surface area contributed by atoms with Crippen molar-refractivity contribution in [2.75, 3.05) is 0 Å². The average Bonchev–Trinajstić information content (AvgIpc) is 2.13. The van der Waals surface area contributed by atoms with Crippen molar-refractivity contribution in [3.05, 3.63) is 0 Å². The average molecular weight is 203 g/mol. The standard InChI is InChI=1S/C13H17NO/c1-7-9-11-13(5,6)14(15)12(3,4)10-8-2/h1,15H,2-6H3. The molecular formula is C13H17NO. The number of hydrogen-bond acceptors (Lipinski definition) is 2. The Morgan fingerprint density at radius 2 is 1.53 bits per heavy atom. The van der Waals surface area contributed by atoms with E-state index < -0.39 is 11.1 Å². The highest BCUT2D eigenvalue weighted by Gasteiger charge is 2.34. The second-order valence-electron chi connectivity index (χ2n) is 4.20. The van der Waals surface area contributed by atoms with Gasteiger partial charge in [-0.3, -0.25) is 0 Å². The summed E-state index contributed by atoms with van der Waals surface area (Å²) in [7, 11) is 0. The second-order valence-corrected chi connectivity index (χ2v) is 4.20. The molecule has 0 saturated carbocycles. The number of hydrogen-bond donors (Lipinski definition) is 1. The number of terminal acetylenes is 1. The van der Waals surface area contributed by atoms with Crippen molar-refractivity contribution < 1.29 is 5.21 Å². The fourth-order valence-electron chi connectivity index (χ4n) is 1.30. The van der Waals surface area contributed by atoms with Gasteiger partial charge in [0, 0.05) is 0 Å². The maximum atomic E-state index is 10.0. The van der Waals surface area contributed by atoms with E-state index in [1.54, 1.807) is 20.8 Å². The highest BCUT2D eigenvalue weighted by Crippen LogP contribution is 2.21. The molecule has 0 aliphatic heterocycles. The van der Waals surface area contributed by atoms with Crippen molar-refractivity contribution in [2.45, 2.75) is 45.7 Å². The molecule has 0 amide bonds. The molecule has 1 N–H and O–H groups in total. The molecule has 0 aromatic rings. The van der Waals surface area contributed by atoms with Gasteiger partial charge in [-0.1, -0.05) is 11.8 Å². The van der Waals surface area contributed by atoms with E-state index in [1.165, 1.54) is 0 Å². The minimum absolute atomic E-state index is 0.651. The summed E-state index contributed by atoms with van der Waals surface area (Å²) in [6.45, 7) is 8.95. The summed E-state index contributed by atoms with van der Waals surface area (Å²) < 4.78 is 0. The Bertz CT molecular complexity index is 377. The van der Waals surface area contributed by atoms with E-state index in [-0.39, 0.29) is 0 Å². The summed E-state index contributed by atoms with van der Waals surface area (Å²) in [5.74, 6) is 13.2. The van der Waals surface area contributed by atoms with Crippen LogP contribution in [0.2, 0.25) is 0 Å². The summed E-state index contributed by atoms with van der Waals surface area (Å²) in [5.41, 5.74) is -1.37. The molecule has 0 saturated heterocycles. The first-order chi connectivity index (χ1) is 6.78. The fraction of sp³-hybridized carbons (Fsp3) is 0.538. The Morgan fingerprint density at radius 3 is 1.93 bits per heavy atom. The van der Waals surface area contributed by atoms with Crippen LogP contribution < -0.4 is 0 Å². The molecule has 0 atom stereocenters. The normalized spacial score (nSPS) is 10.8. The van der Waals surface area contributed by atoms with Gasteiger partial charge in [-0.05, 0) is 46.5 Å². The predicted octanol–water partition coefficient (Wildman–Crippen LogP) is 1.89. The Balaban J connectivity index is 5.06. The Kier molecular flexibility index (Phi) is 4.44. The van der Waals surface area contributed by atoms with Gasteiger partial charge in [0.05, 0.1) is 0 Å². The minimum atomic E-state index is -0.723. The number of rotatable bonds is 2. The lowest BCUT2D eigenvalue weighted by Gasteiger charge is -2.37. The SMILES string of the molecule is C#CC#CC(C)(C)N(O)C(C)(C)C#CC. The van der Waals surface area contributed by atoms with Crippen LogP contribution in [0.3, 0.4) is 0 Å².